The van der Waals surface area contributed by atoms with Crippen LogP contribution in [0.25, 0.3) is 0 Å². The molecule has 7 nitrogen and oxygen atoms in total. The summed E-state index contributed by atoms with van der Waals surface area (Å²) >= 11 is 2.64. The van der Waals surface area contributed by atoms with E-state index in [0.29, 0.717) is 46.4 Å². The number of likely N-dealkylation sites (N-methyl/N-ethyl adjacent to an activating group) is 2. The van der Waals surface area contributed by atoms with Gasteiger partial charge in [-0.05, 0) is 38.0 Å². The van der Waals surface area contributed by atoms with Crippen molar-refractivity contribution < 1.29 is 19.2 Å². The molecule has 152 valence electrons. The molecule has 3 amide bonds. The second-order valence-electron chi connectivity index (χ2n) is 7.18. The molecule has 4 heterocycles. The summed E-state index contributed by atoms with van der Waals surface area (Å²) in [5.74, 6) is -0.387. The number of hydrogen-bond donors (Lipinski definition) is 0. The van der Waals surface area contributed by atoms with E-state index in [1.165, 1.54) is 34.5 Å². The lowest BCUT2D eigenvalue weighted by Crippen LogP contribution is -2.38. The van der Waals surface area contributed by atoms with Crippen LogP contribution in [0.15, 0.2) is 12.1 Å². The van der Waals surface area contributed by atoms with E-state index in [1.807, 2.05) is 6.92 Å². The highest BCUT2D eigenvalue weighted by molar-refractivity contribution is 7.17. The minimum Gasteiger partial charge on any atom is -0.332 e. The summed E-state index contributed by atoms with van der Waals surface area (Å²) < 4.78 is 0. The number of nitrogens with zero attached hydrogens (tertiary/aromatic N) is 3. The Kier molecular flexibility index (Phi) is 5.04. The smallest absolute Gasteiger partial charge is 0.264 e. The first kappa shape index (κ1) is 19.8. The Bertz CT molecular complexity index is 1040. The van der Waals surface area contributed by atoms with Gasteiger partial charge in [0.05, 0.1) is 21.9 Å². The fourth-order valence-electron chi connectivity index (χ4n) is 3.76. The van der Waals surface area contributed by atoms with Crippen LogP contribution in [0.1, 0.15) is 54.0 Å². The third-order valence-electron chi connectivity index (χ3n) is 5.28. The average Bonchev–Trinajstić information content (AvgIpc) is 3.30. The fraction of sp³-hybridized carbons (Fsp3) is 0.400. The summed E-state index contributed by atoms with van der Waals surface area (Å²) in [7, 11) is 1.65. The Hall–Kier alpha value is -2.52. The molecule has 0 saturated carbocycles. The van der Waals surface area contributed by atoms with Gasteiger partial charge in [0.25, 0.3) is 11.8 Å². The quantitative estimate of drug-likeness (QED) is 0.700. The van der Waals surface area contributed by atoms with Gasteiger partial charge in [0.1, 0.15) is 11.5 Å². The molecular formula is C20H21N3O4S2. The van der Waals surface area contributed by atoms with Gasteiger partial charge in [-0.25, -0.2) is 0 Å². The van der Waals surface area contributed by atoms with Crippen molar-refractivity contribution in [3.05, 3.63) is 37.9 Å². The van der Waals surface area contributed by atoms with Gasteiger partial charge in [0.15, 0.2) is 5.78 Å². The summed E-state index contributed by atoms with van der Waals surface area (Å²) in [5, 5.41) is 0.695. The Morgan fingerprint density at radius 2 is 1.83 bits per heavy atom. The lowest BCUT2D eigenvalue weighted by Gasteiger charge is -2.27. The molecule has 0 aromatic carbocycles. The van der Waals surface area contributed by atoms with E-state index in [-0.39, 0.29) is 30.0 Å². The number of amides is 3. The van der Waals surface area contributed by atoms with Gasteiger partial charge in [-0.2, -0.15) is 0 Å². The maximum absolute atomic E-state index is 12.9. The molecule has 0 atom stereocenters. The number of ketones is 1. The van der Waals surface area contributed by atoms with Crippen LogP contribution in [0.2, 0.25) is 0 Å². The van der Waals surface area contributed by atoms with Gasteiger partial charge in [-0.1, -0.05) is 0 Å². The normalized spacial score (nSPS) is 16.6. The van der Waals surface area contributed by atoms with Crippen molar-refractivity contribution >= 4 is 51.2 Å². The fourth-order valence-corrected chi connectivity index (χ4v) is 6.06. The van der Waals surface area contributed by atoms with Gasteiger partial charge in [0.2, 0.25) is 5.91 Å². The maximum Gasteiger partial charge on any atom is 0.264 e. The third-order valence-corrected chi connectivity index (χ3v) is 7.70. The van der Waals surface area contributed by atoms with E-state index in [0.717, 1.165) is 10.4 Å². The summed E-state index contributed by atoms with van der Waals surface area (Å²) in [4.78, 5) is 56.9. The van der Waals surface area contributed by atoms with Crippen molar-refractivity contribution in [2.24, 2.45) is 0 Å². The molecule has 0 spiro atoms. The molecule has 2 aromatic rings. The molecule has 0 aliphatic carbocycles. The van der Waals surface area contributed by atoms with E-state index in [4.69, 9.17) is 0 Å². The molecule has 0 N–H and O–H groups in total. The van der Waals surface area contributed by atoms with E-state index < -0.39 is 0 Å². The molecule has 0 radical (unpaired) electrons. The van der Waals surface area contributed by atoms with Gasteiger partial charge in [-0.15, -0.1) is 22.7 Å². The highest BCUT2D eigenvalue weighted by atomic mass is 32.1. The summed E-state index contributed by atoms with van der Waals surface area (Å²) in [6.45, 7) is 4.86. The molecule has 2 aliphatic heterocycles. The second-order valence-corrected chi connectivity index (χ2v) is 9.35. The van der Waals surface area contributed by atoms with Crippen molar-refractivity contribution in [1.29, 1.82) is 0 Å². The van der Waals surface area contributed by atoms with Crippen LogP contribution in [-0.4, -0.2) is 60.0 Å². The lowest BCUT2D eigenvalue weighted by molar-refractivity contribution is -0.118. The first-order chi connectivity index (χ1) is 13.8. The molecule has 4 rings (SSSR count). The van der Waals surface area contributed by atoms with E-state index in [1.54, 1.807) is 29.0 Å². The first-order valence-electron chi connectivity index (χ1n) is 9.42. The number of carbonyl (C=O) groups excluding carboxylic acids is 4. The maximum atomic E-state index is 12.9. The average molecular weight is 432 g/mol. The number of rotatable bonds is 3. The zero-order chi connectivity index (χ0) is 20.9. The van der Waals surface area contributed by atoms with E-state index in [2.05, 4.69) is 0 Å². The molecular weight excluding hydrogens is 410 g/mol. The molecule has 0 fully saturated rings. The molecule has 0 saturated heterocycles. The van der Waals surface area contributed by atoms with E-state index >= 15 is 0 Å². The molecule has 2 aliphatic rings. The number of fused-ring (bicyclic) bond motifs is 3. The predicted molar refractivity (Wildman–Crippen MR) is 112 cm³/mol. The highest BCUT2D eigenvalue weighted by Crippen LogP contribution is 2.41. The van der Waals surface area contributed by atoms with Crippen molar-refractivity contribution in [1.82, 2.24) is 9.80 Å². The second kappa shape index (κ2) is 7.38. The van der Waals surface area contributed by atoms with Gasteiger partial charge >= 0.3 is 0 Å². The Labute approximate surface area is 176 Å². The number of hydrogen-bond acceptors (Lipinski definition) is 6. The van der Waals surface area contributed by atoms with Gasteiger partial charge in [-0.3, -0.25) is 19.2 Å². The summed E-state index contributed by atoms with van der Waals surface area (Å²) in [6, 6.07) is 3.38. The van der Waals surface area contributed by atoms with Crippen LogP contribution >= 0.6 is 22.7 Å². The number of carbonyl (C=O) groups is 4. The topological polar surface area (TPSA) is 78.0 Å². The molecule has 2 aromatic heterocycles. The monoisotopic (exact) mass is 431 g/mol. The predicted octanol–water partition coefficient (Wildman–Crippen LogP) is 2.65. The zero-order valence-electron chi connectivity index (χ0n) is 16.5. The summed E-state index contributed by atoms with van der Waals surface area (Å²) in [6.07, 6.45) is 0.573. The third kappa shape index (κ3) is 3.28. The molecule has 29 heavy (non-hydrogen) atoms. The Morgan fingerprint density at radius 1 is 1.10 bits per heavy atom. The number of thiophene rings is 2. The highest BCUT2D eigenvalue weighted by Gasteiger charge is 2.37. The van der Waals surface area contributed by atoms with E-state index in [9.17, 15) is 19.2 Å². The Morgan fingerprint density at radius 3 is 2.48 bits per heavy atom. The van der Waals surface area contributed by atoms with Crippen molar-refractivity contribution in [2.75, 3.05) is 31.6 Å². The van der Waals surface area contributed by atoms with Gasteiger partial charge in [0, 0.05) is 25.0 Å². The lowest BCUT2D eigenvalue weighted by atomic mass is 10.0. The molecule has 9 heteroatoms. The van der Waals surface area contributed by atoms with Crippen LogP contribution in [0.5, 0.6) is 0 Å². The minimum atomic E-state index is -0.133. The van der Waals surface area contributed by atoms with Crippen molar-refractivity contribution in [3.8, 4) is 0 Å². The molecule has 0 unspecified atom stereocenters. The van der Waals surface area contributed by atoms with Crippen LogP contribution in [0.4, 0.5) is 5.00 Å². The van der Waals surface area contributed by atoms with Crippen LogP contribution in [-0.2, 0) is 17.8 Å². The zero-order valence-corrected chi connectivity index (χ0v) is 18.1. The molecule has 0 bridgehead atoms. The minimum absolute atomic E-state index is 0.0519. The first-order valence-corrected chi connectivity index (χ1v) is 11.1. The van der Waals surface area contributed by atoms with Crippen LogP contribution in [0, 0.1) is 0 Å². The number of anilines is 1. The van der Waals surface area contributed by atoms with Crippen molar-refractivity contribution in [3.63, 3.8) is 0 Å². The Balaban J connectivity index is 1.66. The SMILES string of the molecule is CCN1C(=O)CN(C)C(=O)c2c1sc1c2CCN(C(=O)c2ccc(C(C)=O)s2)C1. The standard InChI is InChI=1S/C20H21N3O4S2/c1-4-23-16(25)10-21(3)19(27)17-12-7-8-22(9-15(12)29-20(17)23)18(26)14-6-5-13(28-14)11(2)24/h5-6H,4,7-10H2,1-3H3. The van der Waals surface area contributed by atoms with Crippen molar-refractivity contribution in [2.45, 2.75) is 26.8 Å². The van der Waals surface area contributed by atoms with Gasteiger partial charge < -0.3 is 14.7 Å². The van der Waals surface area contributed by atoms with Crippen LogP contribution in [0.3, 0.4) is 0 Å². The van der Waals surface area contributed by atoms with Crippen LogP contribution < -0.4 is 4.90 Å². The number of Topliss-reactive ketones (excluding diaryl/α,β-unsaturated/α-hetero) is 1. The largest absolute Gasteiger partial charge is 0.332 e. The summed E-state index contributed by atoms with van der Waals surface area (Å²) in [5.41, 5.74) is 1.57.